The smallest absolute Gasteiger partial charge is 0.214 e. The Bertz CT molecular complexity index is 1170. The summed E-state index contributed by atoms with van der Waals surface area (Å²) in [6.07, 6.45) is 0.986. The molecule has 1 aliphatic heterocycles. The molecular weight excluding hydrogens is 393 g/mol. The van der Waals surface area contributed by atoms with E-state index in [2.05, 4.69) is 39.8 Å². The minimum absolute atomic E-state index is 0.0931. The molecule has 7 heteroatoms. The number of fused-ring (bicyclic) bond motifs is 1. The van der Waals surface area contributed by atoms with E-state index in [1.54, 1.807) is 28.9 Å². The number of aromatic nitrogens is 4. The number of phenolic OH excluding ortho intramolecular Hbond substituents is 1. The highest BCUT2D eigenvalue weighted by molar-refractivity contribution is 5.31. The van der Waals surface area contributed by atoms with Crippen LogP contribution in [0.2, 0.25) is 0 Å². The summed E-state index contributed by atoms with van der Waals surface area (Å²) in [5, 5.41) is 22.4. The fourth-order valence-electron chi connectivity index (χ4n) is 4.38. The number of benzene rings is 3. The van der Waals surface area contributed by atoms with Crippen LogP contribution in [0.3, 0.4) is 0 Å². The van der Waals surface area contributed by atoms with Crippen LogP contribution in [0.15, 0.2) is 72.8 Å². The molecule has 0 amide bonds. The maximum absolute atomic E-state index is 13.3. The highest BCUT2D eigenvalue weighted by Gasteiger charge is 2.34. The Morgan fingerprint density at radius 1 is 0.968 bits per heavy atom. The zero-order valence-electron chi connectivity index (χ0n) is 16.9. The quantitative estimate of drug-likeness (QED) is 0.524. The van der Waals surface area contributed by atoms with Crippen molar-refractivity contribution >= 4 is 0 Å². The second-order valence-electron chi connectivity index (χ2n) is 7.95. The Hall–Kier alpha value is -3.58. The van der Waals surface area contributed by atoms with Crippen molar-refractivity contribution in [1.82, 2.24) is 20.2 Å². The topological polar surface area (TPSA) is 68.3 Å². The molecule has 0 fully saturated rings. The molecule has 1 unspecified atom stereocenters. The normalized spacial score (nSPS) is 16.6. The summed E-state index contributed by atoms with van der Waals surface area (Å²) in [7, 11) is 0. The molecule has 0 aliphatic carbocycles. The molecule has 2 N–H and O–H groups in total. The number of nitrogens with one attached hydrogen (secondary N) is 1. The van der Waals surface area contributed by atoms with Gasteiger partial charge in [-0.1, -0.05) is 36.4 Å². The van der Waals surface area contributed by atoms with E-state index in [1.807, 2.05) is 12.1 Å². The largest absolute Gasteiger partial charge is 0.508 e. The summed E-state index contributed by atoms with van der Waals surface area (Å²) < 4.78 is 15.1. The lowest BCUT2D eigenvalue weighted by Crippen LogP contribution is -3.12. The molecule has 31 heavy (non-hydrogen) atoms. The fraction of sp³-hybridized carbons (Fsp3) is 0.208. The van der Waals surface area contributed by atoms with E-state index >= 15 is 0 Å². The second kappa shape index (κ2) is 8.28. The number of halogens is 1. The molecule has 0 saturated heterocycles. The van der Waals surface area contributed by atoms with Gasteiger partial charge in [-0.25, -0.2) is 9.07 Å². The number of nitrogens with zero attached hydrogens (tertiary/aromatic N) is 4. The molecular formula is C24H23FN5O+. The maximum atomic E-state index is 13.3. The van der Waals surface area contributed by atoms with Crippen LogP contribution < -0.4 is 4.90 Å². The fourth-order valence-corrected chi connectivity index (χ4v) is 4.38. The third kappa shape index (κ3) is 4.04. The summed E-state index contributed by atoms with van der Waals surface area (Å²) in [5.41, 5.74) is 4.70. The van der Waals surface area contributed by atoms with Gasteiger partial charge in [-0.3, -0.25) is 0 Å². The van der Waals surface area contributed by atoms with E-state index in [-0.39, 0.29) is 17.6 Å². The molecule has 0 saturated carbocycles. The SMILES string of the molecule is Oc1ccc([C@@H](c2nnnn2Cc2ccc(F)cc2)[NH+]2CCc3ccccc3C2)cc1. The van der Waals surface area contributed by atoms with E-state index in [0.717, 1.165) is 36.5 Å². The van der Waals surface area contributed by atoms with Gasteiger partial charge in [-0.05, 0) is 58.0 Å². The van der Waals surface area contributed by atoms with Gasteiger partial charge in [0.1, 0.15) is 18.1 Å². The highest BCUT2D eigenvalue weighted by atomic mass is 19.1. The lowest BCUT2D eigenvalue weighted by atomic mass is 9.96. The van der Waals surface area contributed by atoms with Crippen LogP contribution in [0.25, 0.3) is 0 Å². The molecule has 3 aromatic carbocycles. The van der Waals surface area contributed by atoms with Crippen LogP contribution in [0.4, 0.5) is 4.39 Å². The maximum Gasteiger partial charge on any atom is 0.214 e. The van der Waals surface area contributed by atoms with Gasteiger partial charge in [0.25, 0.3) is 0 Å². The number of phenols is 1. The van der Waals surface area contributed by atoms with Gasteiger partial charge in [0.15, 0.2) is 6.04 Å². The van der Waals surface area contributed by atoms with Crippen molar-refractivity contribution in [2.45, 2.75) is 25.6 Å². The van der Waals surface area contributed by atoms with Crippen LogP contribution in [0.5, 0.6) is 5.75 Å². The number of quaternary nitrogens is 1. The molecule has 5 rings (SSSR count). The molecule has 2 atom stereocenters. The van der Waals surface area contributed by atoms with Gasteiger partial charge in [0.2, 0.25) is 5.82 Å². The van der Waals surface area contributed by atoms with Gasteiger partial charge in [0, 0.05) is 17.5 Å². The average Bonchev–Trinajstić information content (AvgIpc) is 3.24. The highest BCUT2D eigenvalue weighted by Crippen LogP contribution is 2.22. The predicted octanol–water partition coefficient (Wildman–Crippen LogP) is 2.30. The third-order valence-corrected chi connectivity index (χ3v) is 5.95. The van der Waals surface area contributed by atoms with E-state index < -0.39 is 0 Å². The number of aromatic hydroxyl groups is 1. The van der Waals surface area contributed by atoms with Gasteiger partial charge >= 0.3 is 0 Å². The molecule has 4 aromatic rings. The third-order valence-electron chi connectivity index (χ3n) is 5.95. The zero-order valence-corrected chi connectivity index (χ0v) is 16.9. The number of hydrogen-bond donors (Lipinski definition) is 2. The summed E-state index contributed by atoms with van der Waals surface area (Å²) in [4.78, 5) is 1.35. The lowest BCUT2D eigenvalue weighted by molar-refractivity contribution is -0.941. The van der Waals surface area contributed by atoms with E-state index in [4.69, 9.17) is 0 Å². The van der Waals surface area contributed by atoms with Crippen molar-refractivity contribution in [2.75, 3.05) is 6.54 Å². The first kappa shape index (κ1) is 19.4. The van der Waals surface area contributed by atoms with Crippen LogP contribution in [-0.2, 0) is 19.5 Å². The van der Waals surface area contributed by atoms with Crippen molar-refractivity contribution in [1.29, 1.82) is 0 Å². The summed E-state index contributed by atoms with van der Waals surface area (Å²) in [5.74, 6) is 0.718. The molecule has 0 spiro atoms. The summed E-state index contributed by atoms with van der Waals surface area (Å²) in [6, 6.07) is 22.1. The Morgan fingerprint density at radius 2 is 1.71 bits per heavy atom. The molecule has 156 valence electrons. The second-order valence-corrected chi connectivity index (χ2v) is 7.95. The minimum Gasteiger partial charge on any atom is -0.508 e. The van der Waals surface area contributed by atoms with Crippen molar-refractivity contribution < 1.29 is 14.4 Å². The summed E-state index contributed by atoms with van der Waals surface area (Å²) in [6.45, 7) is 2.28. The average molecular weight is 416 g/mol. The predicted molar refractivity (Wildman–Crippen MR) is 113 cm³/mol. The molecule has 0 radical (unpaired) electrons. The van der Waals surface area contributed by atoms with Gasteiger partial charge in [-0.15, -0.1) is 5.10 Å². The Morgan fingerprint density at radius 3 is 2.48 bits per heavy atom. The van der Waals surface area contributed by atoms with Crippen LogP contribution in [0.1, 0.15) is 34.1 Å². The molecule has 6 nitrogen and oxygen atoms in total. The number of hydrogen-bond acceptors (Lipinski definition) is 4. The van der Waals surface area contributed by atoms with E-state index in [9.17, 15) is 9.50 Å². The number of rotatable bonds is 5. The van der Waals surface area contributed by atoms with Crippen molar-refractivity contribution in [2.24, 2.45) is 0 Å². The molecule has 1 aromatic heterocycles. The van der Waals surface area contributed by atoms with Crippen LogP contribution >= 0.6 is 0 Å². The lowest BCUT2D eigenvalue weighted by Gasteiger charge is -2.32. The van der Waals surface area contributed by atoms with Crippen molar-refractivity contribution in [3.8, 4) is 5.75 Å². The molecule has 2 heterocycles. The van der Waals surface area contributed by atoms with Crippen molar-refractivity contribution in [3.05, 3.63) is 107 Å². The standard InChI is InChI=1S/C24H22FN5O/c25-21-9-5-17(6-10-21)15-30-24(26-27-28-30)23(19-7-11-22(31)12-8-19)29-14-13-18-3-1-2-4-20(18)16-29/h1-12,23,31H,13-16H2/p+1/t23-/m0/s1. The monoisotopic (exact) mass is 416 g/mol. The molecule has 0 bridgehead atoms. The number of tetrazole rings is 1. The van der Waals surface area contributed by atoms with Crippen molar-refractivity contribution in [3.63, 3.8) is 0 Å². The van der Waals surface area contributed by atoms with Crippen LogP contribution in [0, 0.1) is 5.82 Å². The minimum atomic E-state index is -0.265. The first-order valence-corrected chi connectivity index (χ1v) is 10.4. The zero-order chi connectivity index (χ0) is 21.2. The van der Waals surface area contributed by atoms with Gasteiger partial charge in [-0.2, -0.15) is 0 Å². The Labute approximate surface area is 179 Å². The first-order valence-electron chi connectivity index (χ1n) is 10.4. The van der Waals surface area contributed by atoms with Gasteiger partial charge < -0.3 is 10.0 Å². The Kier molecular flexibility index (Phi) is 5.18. The van der Waals surface area contributed by atoms with Crippen LogP contribution in [-0.4, -0.2) is 31.9 Å². The molecule has 1 aliphatic rings. The van der Waals surface area contributed by atoms with E-state index in [1.165, 1.54) is 28.2 Å². The Balaban J connectivity index is 1.52. The summed E-state index contributed by atoms with van der Waals surface area (Å²) >= 11 is 0. The van der Waals surface area contributed by atoms with E-state index in [0.29, 0.717) is 6.54 Å². The first-order chi connectivity index (χ1) is 15.2. The van der Waals surface area contributed by atoms with Gasteiger partial charge in [0.05, 0.1) is 13.1 Å².